The second-order valence-electron chi connectivity index (χ2n) is 7.10. The number of urea groups is 1. The van der Waals surface area contributed by atoms with Crippen molar-refractivity contribution in [3.63, 3.8) is 0 Å². The van der Waals surface area contributed by atoms with E-state index in [-0.39, 0.29) is 17.6 Å². The summed E-state index contributed by atoms with van der Waals surface area (Å²) in [5.41, 5.74) is 1.48. The molecule has 8 heteroatoms. The first kappa shape index (κ1) is 22.3. The highest BCUT2D eigenvalue weighted by Gasteiger charge is 2.08. The van der Waals surface area contributed by atoms with E-state index < -0.39 is 0 Å². The number of para-hydroxylation sites is 1. The van der Waals surface area contributed by atoms with Gasteiger partial charge in [0.05, 0.1) is 0 Å². The molecule has 0 fully saturated rings. The number of nitrogens with one attached hydrogen (secondary N) is 3. The van der Waals surface area contributed by atoms with Crippen LogP contribution in [0.2, 0.25) is 0 Å². The topological polar surface area (TPSA) is 102 Å². The molecule has 4 aromatic rings. The average molecular weight is 454 g/mol. The number of benzene rings is 3. The summed E-state index contributed by atoms with van der Waals surface area (Å²) in [5.74, 6) is 2.14. The smallest absolute Gasteiger partial charge is 0.323 e. The van der Waals surface area contributed by atoms with Crippen molar-refractivity contribution in [2.24, 2.45) is 0 Å². The molecule has 0 bridgehead atoms. The molecule has 1 aromatic heterocycles. The summed E-state index contributed by atoms with van der Waals surface area (Å²) < 4.78 is 11.5. The predicted molar refractivity (Wildman–Crippen MR) is 130 cm³/mol. The van der Waals surface area contributed by atoms with Gasteiger partial charge in [-0.15, -0.1) is 0 Å². The van der Waals surface area contributed by atoms with Crippen LogP contribution in [-0.4, -0.2) is 24.0 Å². The van der Waals surface area contributed by atoms with E-state index in [0.717, 1.165) is 5.75 Å². The minimum Gasteiger partial charge on any atom is -0.457 e. The third-order valence-electron chi connectivity index (χ3n) is 4.63. The molecule has 170 valence electrons. The third kappa shape index (κ3) is 6.10. The lowest BCUT2D eigenvalue weighted by atomic mass is 10.3. The van der Waals surface area contributed by atoms with Gasteiger partial charge in [-0.25, -0.2) is 4.79 Å². The Balaban J connectivity index is 1.30. The molecule has 0 atom stereocenters. The lowest BCUT2D eigenvalue weighted by molar-refractivity contribution is 0.0958. The number of aromatic nitrogens is 1. The monoisotopic (exact) mass is 454 g/mol. The van der Waals surface area contributed by atoms with Crippen molar-refractivity contribution >= 4 is 23.3 Å². The Morgan fingerprint density at radius 2 is 1.21 bits per heavy atom. The number of anilines is 2. The number of pyridine rings is 1. The fourth-order valence-electron chi connectivity index (χ4n) is 2.99. The van der Waals surface area contributed by atoms with Crippen molar-refractivity contribution < 1.29 is 19.1 Å². The first-order valence-electron chi connectivity index (χ1n) is 10.5. The molecule has 0 unspecified atom stereocenters. The highest BCUT2D eigenvalue weighted by Crippen LogP contribution is 2.24. The molecule has 34 heavy (non-hydrogen) atoms. The van der Waals surface area contributed by atoms with Gasteiger partial charge in [-0.1, -0.05) is 18.2 Å². The van der Waals surface area contributed by atoms with Gasteiger partial charge in [0, 0.05) is 30.7 Å². The van der Waals surface area contributed by atoms with Crippen LogP contribution >= 0.6 is 0 Å². The molecule has 3 amide bonds. The van der Waals surface area contributed by atoms with E-state index in [4.69, 9.17) is 9.47 Å². The van der Waals surface area contributed by atoms with Gasteiger partial charge in [-0.3, -0.25) is 9.78 Å². The van der Waals surface area contributed by atoms with Crippen LogP contribution in [0.4, 0.5) is 16.2 Å². The average Bonchev–Trinajstić information content (AvgIpc) is 2.87. The molecule has 3 N–H and O–H groups in total. The van der Waals surface area contributed by atoms with E-state index in [9.17, 15) is 9.59 Å². The predicted octanol–water partition coefficient (Wildman–Crippen LogP) is 5.67. The van der Waals surface area contributed by atoms with Crippen LogP contribution in [0, 0.1) is 0 Å². The van der Waals surface area contributed by atoms with Crippen molar-refractivity contribution in [3.05, 3.63) is 103 Å². The van der Waals surface area contributed by atoms with Crippen LogP contribution in [-0.2, 0) is 0 Å². The normalized spacial score (nSPS) is 10.1. The van der Waals surface area contributed by atoms with Gasteiger partial charge in [-0.05, 0) is 66.7 Å². The zero-order valence-corrected chi connectivity index (χ0v) is 18.3. The van der Waals surface area contributed by atoms with E-state index >= 15 is 0 Å². The lowest BCUT2D eigenvalue weighted by Gasteiger charge is -2.10. The fraction of sp³-hybridized carbons (Fsp3) is 0.0385. The molecule has 0 radical (unpaired) electrons. The Bertz CT molecular complexity index is 1260. The number of amides is 3. The lowest BCUT2D eigenvalue weighted by Crippen LogP contribution is -2.19. The van der Waals surface area contributed by atoms with Gasteiger partial charge in [0.1, 0.15) is 28.7 Å². The molecule has 0 aliphatic heterocycles. The number of hydrogen-bond donors (Lipinski definition) is 3. The van der Waals surface area contributed by atoms with Crippen LogP contribution in [0.25, 0.3) is 0 Å². The van der Waals surface area contributed by atoms with Crippen molar-refractivity contribution in [1.82, 2.24) is 10.3 Å². The molecule has 0 aliphatic rings. The highest BCUT2D eigenvalue weighted by atomic mass is 16.5. The summed E-state index contributed by atoms with van der Waals surface area (Å²) in [7, 11) is 1.54. The maximum atomic E-state index is 12.3. The number of rotatable bonds is 7. The SMILES string of the molecule is CNC(=O)c1cc(Oc2ccc(NC(=O)Nc3ccc(Oc4ccccc4)cc3)cc2)ccn1. The summed E-state index contributed by atoms with van der Waals surface area (Å²) in [6.45, 7) is 0. The number of carbonyl (C=O) groups excluding carboxylic acids is 2. The zero-order valence-electron chi connectivity index (χ0n) is 18.3. The number of ether oxygens (including phenoxy) is 2. The molecular weight excluding hydrogens is 432 g/mol. The standard InChI is InChI=1S/C26H22N4O4/c1-27-25(31)24-17-23(15-16-28-24)34-22-13-9-19(10-14-22)30-26(32)29-18-7-11-21(12-8-18)33-20-5-3-2-4-6-20/h2-17H,1H3,(H,27,31)(H2,29,30,32). The number of nitrogens with zero attached hydrogens (tertiary/aromatic N) is 1. The Kier molecular flexibility index (Phi) is 7.00. The van der Waals surface area contributed by atoms with Crippen LogP contribution in [0.3, 0.4) is 0 Å². The summed E-state index contributed by atoms with van der Waals surface area (Å²) in [6, 6.07) is 26.2. The minimum atomic E-state index is -0.380. The van der Waals surface area contributed by atoms with Crippen LogP contribution in [0.1, 0.15) is 10.5 Å². The van der Waals surface area contributed by atoms with Gasteiger partial charge >= 0.3 is 6.03 Å². The van der Waals surface area contributed by atoms with Crippen LogP contribution in [0.15, 0.2) is 97.2 Å². The van der Waals surface area contributed by atoms with Crippen LogP contribution < -0.4 is 25.4 Å². The largest absolute Gasteiger partial charge is 0.457 e. The van der Waals surface area contributed by atoms with Gasteiger partial charge < -0.3 is 25.4 Å². The Labute approximate surface area is 196 Å². The van der Waals surface area contributed by atoms with E-state index in [2.05, 4.69) is 20.9 Å². The fourth-order valence-corrected chi connectivity index (χ4v) is 2.99. The minimum absolute atomic E-state index is 0.259. The number of carbonyl (C=O) groups is 2. The molecule has 0 saturated carbocycles. The summed E-state index contributed by atoms with van der Waals surface area (Å²) in [4.78, 5) is 28.0. The molecule has 3 aromatic carbocycles. The van der Waals surface area contributed by atoms with Crippen molar-refractivity contribution in [2.75, 3.05) is 17.7 Å². The Morgan fingerprint density at radius 3 is 1.76 bits per heavy atom. The summed E-state index contributed by atoms with van der Waals surface area (Å²) in [6.07, 6.45) is 1.50. The zero-order chi connectivity index (χ0) is 23.8. The molecular formula is C26H22N4O4. The maximum Gasteiger partial charge on any atom is 0.323 e. The van der Waals surface area contributed by atoms with E-state index in [0.29, 0.717) is 28.6 Å². The second kappa shape index (κ2) is 10.6. The Hall–Kier alpha value is -4.85. The third-order valence-corrected chi connectivity index (χ3v) is 4.63. The summed E-state index contributed by atoms with van der Waals surface area (Å²) >= 11 is 0. The van der Waals surface area contributed by atoms with E-state index in [1.165, 1.54) is 13.2 Å². The van der Waals surface area contributed by atoms with Gasteiger partial charge in [0.2, 0.25) is 0 Å². The van der Waals surface area contributed by atoms with E-state index in [1.54, 1.807) is 60.7 Å². The van der Waals surface area contributed by atoms with E-state index in [1.807, 2.05) is 30.3 Å². The first-order valence-corrected chi connectivity index (χ1v) is 10.5. The van der Waals surface area contributed by atoms with Gasteiger partial charge in [-0.2, -0.15) is 0 Å². The molecule has 1 heterocycles. The second-order valence-corrected chi connectivity index (χ2v) is 7.10. The molecule has 4 rings (SSSR count). The van der Waals surface area contributed by atoms with Crippen molar-refractivity contribution in [3.8, 4) is 23.0 Å². The van der Waals surface area contributed by atoms with Gasteiger partial charge in [0.15, 0.2) is 0 Å². The van der Waals surface area contributed by atoms with Gasteiger partial charge in [0.25, 0.3) is 5.91 Å². The Morgan fingerprint density at radius 1 is 0.676 bits per heavy atom. The van der Waals surface area contributed by atoms with Crippen LogP contribution in [0.5, 0.6) is 23.0 Å². The molecule has 0 saturated heterocycles. The quantitative estimate of drug-likeness (QED) is 0.334. The molecule has 0 aliphatic carbocycles. The summed E-state index contributed by atoms with van der Waals surface area (Å²) in [5, 5.41) is 8.06. The molecule has 0 spiro atoms. The molecule has 8 nitrogen and oxygen atoms in total. The highest BCUT2D eigenvalue weighted by molar-refractivity contribution is 5.99. The first-order chi connectivity index (χ1) is 16.6. The van der Waals surface area contributed by atoms with Crippen molar-refractivity contribution in [1.29, 1.82) is 0 Å². The number of hydrogen-bond acceptors (Lipinski definition) is 5. The van der Waals surface area contributed by atoms with Crippen molar-refractivity contribution in [2.45, 2.75) is 0 Å². The maximum absolute atomic E-state index is 12.3.